The summed E-state index contributed by atoms with van der Waals surface area (Å²) in [5.41, 5.74) is 2.64. The third kappa shape index (κ3) is 4.75. The number of aromatic amines is 1. The lowest BCUT2D eigenvalue weighted by molar-refractivity contribution is 0.460. The molecule has 1 aliphatic rings. The zero-order chi connectivity index (χ0) is 20.4. The maximum Gasteiger partial charge on any atom is 0.229 e. The van der Waals surface area contributed by atoms with Gasteiger partial charge in [-0.3, -0.25) is 5.10 Å². The van der Waals surface area contributed by atoms with E-state index in [1.54, 1.807) is 0 Å². The first-order valence-electron chi connectivity index (χ1n) is 9.28. The summed E-state index contributed by atoms with van der Waals surface area (Å²) in [5, 5.41) is 18.2. The summed E-state index contributed by atoms with van der Waals surface area (Å²) in [5.74, 6) is 1.80. The largest absolute Gasteiger partial charge is 0.323 e. The zero-order valence-electron chi connectivity index (χ0n) is 15.7. The zero-order valence-corrected chi connectivity index (χ0v) is 18.0. The van der Waals surface area contributed by atoms with Gasteiger partial charge in [0.2, 0.25) is 5.95 Å². The molecule has 0 unspecified atom stereocenters. The van der Waals surface area contributed by atoms with Crippen molar-refractivity contribution in [1.29, 1.82) is 0 Å². The van der Waals surface area contributed by atoms with Crippen LogP contribution in [0.15, 0.2) is 24.4 Å². The molecule has 4 rings (SSSR count). The summed E-state index contributed by atoms with van der Waals surface area (Å²) in [6.07, 6.45) is 3.60. The number of anilines is 4. The van der Waals surface area contributed by atoms with E-state index in [0.717, 1.165) is 37.2 Å². The maximum atomic E-state index is 6.56. The van der Waals surface area contributed by atoms with Gasteiger partial charge in [-0.05, 0) is 56.5 Å². The minimum Gasteiger partial charge on any atom is -0.323 e. The first-order valence-corrected chi connectivity index (χ1v) is 10.4. The van der Waals surface area contributed by atoms with Gasteiger partial charge in [0.1, 0.15) is 5.02 Å². The topological polar surface area (TPSA) is 90.6 Å². The van der Waals surface area contributed by atoms with Crippen molar-refractivity contribution >= 4 is 58.1 Å². The van der Waals surface area contributed by atoms with Crippen molar-refractivity contribution in [3.05, 3.63) is 50.7 Å². The van der Waals surface area contributed by atoms with E-state index in [0.29, 0.717) is 44.3 Å². The van der Waals surface area contributed by atoms with E-state index in [2.05, 4.69) is 36.1 Å². The van der Waals surface area contributed by atoms with E-state index >= 15 is 0 Å². The van der Waals surface area contributed by atoms with Gasteiger partial charge in [0.15, 0.2) is 11.6 Å². The fraction of sp³-hybridized carbons (Fsp3) is 0.316. The molecular formula is C19H20Cl3N7. The van der Waals surface area contributed by atoms with Gasteiger partial charge in [-0.15, -0.1) is 0 Å². The SMILES string of the molecule is Cc1cc(Nc2nc(Nc3cc(Cl)c(C4CCNCC4)cc3Cl)ncc2Cl)n[nH]1. The average Bonchev–Trinajstić information content (AvgIpc) is 3.12. The molecule has 1 saturated heterocycles. The number of benzene rings is 1. The Labute approximate surface area is 183 Å². The number of piperidine rings is 1. The summed E-state index contributed by atoms with van der Waals surface area (Å²) >= 11 is 19.3. The highest BCUT2D eigenvalue weighted by molar-refractivity contribution is 6.36. The smallest absolute Gasteiger partial charge is 0.229 e. The second-order valence-electron chi connectivity index (χ2n) is 6.95. The lowest BCUT2D eigenvalue weighted by Gasteiger charge is -2.24. The quantitative estimate of drug-likeness (QED) is 0.413. The number of rotatable bonds is 5. The van der Waals surface area contributed by atoms with Gasteiger partial charge in [-0.1, -0.05) is 34.8 Å². The number of nitrogens with one attached hydrogen (secondary N) is 4. The van der Waals surface area contributed by atoms with Gasteiger partial charge in [0, 0.05) is 16.8 Å². The van der Waals surface area contributed by atoms with Gasteiger partial charge in [-0.2, -0.15) is 10.1 Å². The van der Waals surface area contributed by atoms with Gasteiger partial charge < -0.3 is 16.0 Å². The molecular weight excluding hydrogens is 433 g/mol. The number of halogens is 3. The van der Waals surface area contributed by atoms with Crippen LogP contribution in [0.2, 0.25) is 15.1 Å². The normalized spacial score (nSPS) is 14.8. The molecule has 7 nitrogen and oxygen atoms in total. The van der Waals surface area contributed by atoms with E-state index < -0.39 is 0 Å². The Bertz CT molecular complexity index is 1020. The fourth-order valence-corrected chi connectivity index (χ4v) is 4.02. The van der Waals surface area contributed by atoms with Crippen LogP contribution < -0.4 is 16.0 Å². The molecule has 2 aromatic heterocycles. The predicted molar refractivity (Wildman–Crippen MR) is 118 cm³/mol. The molecule has 3 aromatic rings. The van der Waals surface area contributed by atoms with Crippen LogP contribution >= 0.6 is 34.8 Å². The Morgan fingerprint density at radius 2 is 1.79 bits per heavy atom. The molecule has 0 spiro atoms. The number of nitrogens with zero attached hydrogens (tertiary/aromatic N) is 3. The van der Waals surface area contributed by atoms with Crippen molar-refractivity contribution in [3.8, 4) is 0 Å². The molecule has 4 N–H and O–H groups in total. The number of aryl methyl sites for hydroxylation is 1. The number of aromatic nitrogens is 4. The number of H-pyrrole nitrogens is 1. The van der Waals surface area contributed by atoms with Crippen molar-refractivity contribution in [2.45, 2.75) is 25.7 Å². The van der Waals surface area contributed by atoms with Crippen molar-refractivity contribution in [1.82, 2.24) is 25.5 Å². The third-order valence-corrected chi connectivity index (χ3v) is 5.72. The van der Waals surface area contributed by atoms with Gasteiger partial charge in [0.25, 0.3) is 0 Å². The van der Waals surface area contributed by atoms with E-state index in [-0.39, 0.29) is 0 Å². The highest BCUT2D eigenvalue weighted by Crippen LogP contribution is 2.37. The molecule has 3 heterocycles. The summed E-state index contributed by atoms with van der Waals surface area (Å²) in [4.78, 5) is 8.66. The Morgan fingerprint density at radius 3 is 2.52 bits per heavy atom. The molecule has 0 saturated carbocycles. The minimum absolute atomic E-state index is 0.344. The second kappa shape index (κ2) is 8.75. The van der Waals surface area contributed by atoms with Crippen molar-refractivity contribution in [2.24, 2.45) is 0 Å². The van der Waals surface area contributed by atoms with Crippen LogP contribution in [-0.4, -0.2) is 33.3 Å². The summed E-state index contributed by atoms with van der Waals surface area (Å²) in [7, 11) is 0. The highest BCUT2D eigenvalue weighted by atomic mass is 35.5. The van der Waals surface area contributed by atoms with Crippen LogP contribution in [0, 0.1) is 6.92 Å². The van der Waals surface area contributed by atoms with Crippen LogP contribution in [0.4, 0.5) is 23.3 Å². The highest BCUT2D eigenvalue weighted by Gasteiger charge is 2.20. The van der Waals surface area contributed by atoms with Gasteiger partial charge >= 0.3 is 0 Å². The molecule has 1 aliphatic heterocycles. The molecule has 1 fully saturated rings. The maximum absolute atomic E-state index is 6.56. The molecule has 0 aliphatic carbocycles. The molecule has 0 bridgehead atoms. The Hall–Kier alpha value is -2.06. The third-order valence-electron chi connectivity index (χ3n) is 4.81. The second-order valence-corrected chi connectivity index (χ2v) is 8.18. The van der Waals surface area contributed by atoms with Crippen molar-refractivity contribution in [2.75, 3.05) is 23.7 Å². The Balaban J connectivity index is 1.55. The molecule has 152 valence electrons. The fourth-order valence-electron chi connectivity index (χ4n) is 3.34. The summed E-state index contributed by atoms with van der Waals surface area (Å²) in [6, 6.07) is 5.61. The van der Waals surface area contributed by atoms with Gasteiger partial charge in [-0.25, -0.2) is 4.98 Å². The van der Waals surface area contributed by atoms with Gasteiger partial charge in [0.05, 0.1) is 16.9 Å². The van der Waals surface area contributed by atoms with E-state index in [1.165, 1.54) is 6.20 Å². The summed E-state index contributed by atoms with van der Waals surface area (Å²) in [6.45, 7) is 3.89. The lowest BCUT2D eigenvalue weighted by Crippen LogP contribution is -2.26. The van der Waals surface area contributed by atoms with Crippen LogP contribution in [0.3, 0.4) is 0 Å². The Kier molecular flexibility index (Phi) is 6.10. The first kappa shape index (κ1) is 20.2. The number of hydrogen-bond acceptors (Lipinski definition) is 6. The monoisotopic (exact) mass is 451 g/mol. The first-order chi connectivity index (χ1) is 14.0. The molecule has 10 heteroatoms. The number of hydrogen-bond donors (Lipinski definition) is 4. The molecule has 1 aromatic carbocycles. The van der Waals surface area contributed by atoms with Crippen LogP contribution in [0.5, 0.6) is 0 Å². The van der Waals surface area contributed by atoms with Crippen molar-refractivity contribution in [3.63, 3.8) is 0 Å². The molecule has 0 radical (unpaired) electrons. The van der Waals surface area contributed by atoms with E-state index in [9.17, 15) is 0 Å². The Morgan fingerprint density at radius 1 is 1.00 bits per heavy atom. The van der Waals surface area contributed by atoms with Crippen LogP contribution in [0.25, 0.3) is 0 Å². The summed E-state index contributed by atoms with van der Waals surface area (Å²) < 4.78 is 0. The standard InChI is InChI=1S/C19H20Cl3N7/c1-10-6-17(29-28-10)26-18-15(22)9-24-19(27-18)25-16-8-13(20)12(7-14(16)21)11-2-4-23-5-3-11/h6-9,11,23H,2-5H2,1H3,(H3,24,25,26,27,28,29). The predicted octanol–water partition coefficient (Wildman–Crippen LogP) is 5.42. The molecule has 29 heavy (non-hydrogen) atoms. The average molecular weight is 453 g/mol. The molecule has 0 atom stereocenters. The van der Waals surface area contributed by atoms with E-state index in [1.807, 2.05) is 25.1 Å². The lowest BCUT2D eigenvalue weighted by atomic mass is 9.90. The minimum atomic E-state index is 0.344. The molecule has 0 amide bonds. The van der Waals surface area contributed by atoms with Crippen molar-refractivity contribution < 1.29 is 0 Å². The van der Waals surface area contributed by atoms with Crippen LogP contribution in [-0.2, 0) is 0 Å². The van der Waals surface area contributed by atoms with E-state index in [4.69, 9.17) is 34.8 Å². The van der Waals surface area contributed by atoms with Crippen LogP contribution in [0.1, 0.15) is 30.0 Å².